The van der Waals surface area contributed by atoms with Crippen molar-refractivity contribution in [1.82, 2.24) is 0 Å². The second kappa shape index (κ2) is 10.6. The molecule has 0 radical (unpaired) electrons. The van der Waals surface area contributed by atoms with Crippen LogP contribution in [0.15, 0.2) is 36.4 Å². The van der Waals surface area contributed by atoms with Crippen LogP contribution >= 0.6 is 0 Å². The summed E-state index contributed by atoms with van der Waals surface area (Å²) in [6, 6.07) is 9.69. The molecule has 0 unspecified atom stereocenters. The van der Waals surface area contributed by atoms with E-state index in [1.54, 1.807) is 24.3 Å². The van der Waals surface area contributed by atoms with Gasteiger partial charge in [-0.1, -0.05) is 12.1 Å². The van der Waals surface area contributed by atoms with Crippen molar-refractivity contribution in [3.8, 4) is 11.5 Å². The Kier molecular flexibility index (Phi) is 8.05. The normalized spacial score (nSPS) is 26.6. The predicted molar refractivity (Wildman–Crippen MR) is 112 cm³/mol. The smallest absolute Gasteiger partial charge is 0.229 e. The quantitative estimate of drug-likeness (QED) is 0.399. The van der Waals surface area contributed by atoms with Gasteiger partial charge in [-0.15, -0.1) is 0 Å². The highest BCUT2D eigenvalue weighted by Crippen LogP contribution is 2.32. The lowest BCUT2D eigenvalue weighted by Gasteiger charge is -2.41. The molecule has 9 heteroatoms. The zero-order valence-electron chi connectivity index (χ0n) is 17.9. The largest absolute Gasteiger partial charge is 0.494 e. The van der Waals surface area contributed by atoms with Crippen molar-refractivity contribution in [2.24, 2.45) is 0 Å². The van der Waals surface area contributed by atoms with Gasteiger partial charge in [0.2, 0.25) is 6.29 Å². The third-order valence-electron chi connectivity index (χ3n) is 5.34. The average molecular weight is 452 g/mol. The van der Waals surface area contributed by atoms with Crippen molar-refractivity contribution in [2.45, 2.75) is 63.7 Å². The van der Waals surface area contributed by atoms with Gasteiger partial charge in [0.05, 0.1) is 19.3 Å². The molecule has 1 fully saturated rings. The molecule has 1 saturated heterocycles. The highest BCUT2D eigenvalue weighted by molar-refractivity contribution is 5.42. The molecule has 176 valence electrons. The summed E-state index contributed by atoms with van der Waals surface area (Å²) >= 11 is 0. The first-order chi connectivity index (χ1) is 15.2. The number of hydrogen-bond donors (Lipinski definition) is 5. The maximum Gasteiger partial charge on any atom is 0.229 e. The van der Waals surface area contributed by atoms with Crippen LogP contribution in [0.2, 0.25) is 0 Å². The van der Waals surface area contributed by atoms with Gasteiger partial charge in [0, 0.05) is 12.0 Å². The topological polar surface area (TPSA) is 129 Å². The SMILES string of the molecule is CCOc1ccc(Cc2c(F)cc(CO)cc2O[C@@H]2O[C@H]([C@@H](C)O)[C@@H](O)[C@H](O)[C@H]2O)cc1. The summed E-state index contributed by atoms with van der Waals surface area (Å²) in [5.74, 6) is 0.0533. The van der Waals surface area contributed by atoms with Crippen LogP contribution in [0.25, 0.3) is 0 Å². The standard InChI is InChI=1S/C23H29FO8/c1-3-30-15-6-4-13(5-7-15)8-16-17(24)9-14(11-25)10-18(16)31-23-21(29)19(27)20(28)22(32-23)12(2)26/h4-7,9-10,12,19-23,25-29H,3,8,11H2,1-2H3/t12-,19+,20+,21-,22-,23-/m1/s1. The molecular formula is C23H29FO8. The van der Waals surface area contributed by atoms with Gasteiger partial charge in [0.25, 0.3) is 0 Å². The van der Waals surface area contributed by atoms with E-state index in [1.165, 1.54) is 19.1 Å². The number of ether oxygens (including phenoxy) is 3. The van der Waals surface area contributed by atoms with E-state index in [0.29, 0.717) is 12.4 Å². The van der Waals surface area contributed by atoms with Crippen molar-refractivity contribution >= 4 is 0 Å². The molecule has 5 N–H and O–H groups in total. The molecule has 0 amide bonds. The summed E-state index contributed by atoms with van der Waals surface area (Å²) in [5.41, 5.74) is 1.15. The van der Waals surface area contributed by atoms with Crippen molar-refractivity contribution in [1.29, 1.82) is 0 Å². The molecule has 0 saturated carbocycles. The number of halogens is 1. The molecule has 8 nitrogen and oxygen atoms in total. The Hall–Kier alpha value is -2.27. The Morgan fingerprint density at radius 2 is 1.72 bits per heavy atom. The number of benzene rings is 2. The Morgan fingerprint density at radius 1 is 1.03 bits per heavy atom. The lowest BCUT2D eigenvalue weighted by Crippen LogP contribution is -2.61. The zero-order chi connectivity index (χ0) is 23.4. The molecule has 6 atom stereocenters. The van der Waals surface area contributed by atoms with Gasteiger partial charge in [0.1, 0.15) is 41.7 Å². The van der Waals surface area contributed by atoms with E-state index in [1.807, 2.05) is 6.92 Å². The lowest BCUT2D eigenvalue weighted by molar-refractivity contribution is -0.286. The number of rotatable bonds is 8. The van der Waals surface area contributed by atoms with E-state index in [2.05, 4.69) is 0 Å². The predicted octanol–water partition coefficient (Wildman–Crippen LogP) is 0.875. The summed E-state index contributed by atoms with van der Waals surface area (Å²) in [6.07, 6.45) is -8.57. The molecule has 2 aromatic carbocycles. The minimum absolute atomic E-state index is 0.0000765. The van der Waals surface area contributed by atoms with E-state index in [4.69, 9.17) is 14.2 Å². The maximum absolute atomic E-state index is 14.9. The van der Waals surface area contributed by atoms with Crippen molar-refractivity contribution in [3.05, 3.63) is 58.9 Å². The van der Waals surface area contributed by atoms with Gasteiger partial charge in [0.15, 0.2) is 0 Å². The first kappa shape index (κ1) is 24.4. The Balaban J connectivity index is 1.90. The van der Waals surface area contributed by atoms with Gasteiger partial charge >= 0.3 is 0 Å². The highest BCUT2D eigenvalue weighted by atomic mass is 19.1. The third kappa shape index (κ3) is 5.37. The monoisotopic (exact) mass is 452 g/mol. The van der Waals surface area contributed by atoms with Crippen LogP contribution in [-0.4, -0.2) is 68.9 Å². The summed E-state index contributed by atoms with van der Waals surface area (Å²) in [5, 5.41) is 49.8. The molecular weight excluding hydrogens is 423 g/mol. The molecule has 0 aromatic heterocycles. The van der Waals surface area contributed by atoms with E-state index in [9.17, 15) is 29.9 Å². The fraction of sp³-hybridized carbons (Fsp3) is 0.478. The minimum Gasteiger partial charge on any atom is -0.494 e. The third-order valence-corrected chi connectivity index (χ3v) is 5.34. The van der Waals surface area contributed by atoms with Crippen LogP contribution in [0.3, 0.4) is 0 Å². The van der Waals surface area contributed by atoms with Gasteiger partial charge in [-0.2, -0.15) is 0 Å². The van der Waals surface area contributed by atoms with Gasteiger partial charge < -0.3 is 39.7 Å². The first-order valence-corrected chi connectivity index (χ1v) is 10.4. The summed E-state index contributed by atoms with van der Waals surface area (Å²) < 4.78 is 31.5. The molecule has 1 heterocycles. The molecule has 1 aliphatic heterocycles. The van der Waals surface area contributed by atoms with Gasteiger partial charge in [-0.25, -0.2) is 4.39 Å². The van der Waals surface area contributed by atoms with Crippen LogP contribution in [0, 0.1) is 5.82 Å². The molecule has 2 aromatic rings. The van der Waals surface area contributed by atoms with Crippen LogP contribution in [0.1, 0.15) is 30.5 Å². The van der Waals surface area contributed by atoms with Crippen molar-refractivity contribution in [3.63, 3.8) is 0 Å². The molecule has 0 spiro atoms. The molecule has 0 aliphatic carbocycles. The summed E-state index contributed by atoms with van der Waals surface area (Å²) in [4.78, 5) is 0. The Morgan fingerprint density at radius 3 is 2.31 bits per heavy atom. The Labute approximate surface area is 185 Å². The molecule has 1 aliphatic rings. The molecule has 3 rings (SSSR count). The van der Waals surface area contributed by atoms with E-state index < -0.39 is 49.2 Å². The van der Waals surface area contributed by atoms with Crippen LogP contribution in [0.4, 0.5) is 4.39 Å². The molecule has 32 heavy (non-hydrogen) atoms. The second-order valence-electron chi connectivity index (χ2n) is 7.77. The Bertz CT molecular complexity index is 888. The number of hydrogen-bond acceptors (Lipinski definition) is 8. The van der Waals surface area contributed by atoms with E-state index in [0.717, 1.165) is 5.56 Å². The summed E-state index contributed by atoms with van der Waals surface area (Å²) in [7, 11) is 0. The number of aliphatic hydroxyl groups is 5. The fourth-order valence-corrected chi connectivity index (χ4v) is 3.60. The fourth-order valence-electron chi connectivity index (χ4n) is 3.60. The lowest BCUT2D eigenvalue weighted by atomic mass is 9.96. The maximum atomic E-state index is 14.9. The summed E-state index contributed by atoms with van der Waals surface area (Å²) in [6.45, 7) is 3.31. The van der Waals surface area contributed by atoms with Gasteiger partial charge in [-0.05, 0) is 49.2 Å². The second-order valence-corrected chi connectivity index (χ2v) is 7.77. The van der Waals surface area contributed by atoms with Crippen molar-refractivity contribution in [2.75, 3.05) is 6.61 Å². The van der Waals surface area contributed by atoms with Gasteiger partial charge in [-0.3, -0.25) is 0 Å². The average Bonchev–Trinajstić information content (AvgIpc) is 2.77. The highest BCUT2D eigenvalue weighted by Gasteiger charge is 2.46. The van der Waals surface area contributed by atoms with Crippen LogP contribution in [-0.2, 0) is 17.8 Å². The number of aliphatic hydroxyl groups excluding tert-OH is 5. The zero-order valence-corrected chi connectivity index (χ0v) is 17.9. The van der Waals surface area contributed by atoms with E-state index >= 15 is 0 Å². The van der Waals surface area contributed by atoms with E-state index in [-0.39, 0.29) is 23.3 Å². The first-order valence-electron chi connectivity index (χ1n) is 10.4. The minimum atomic E-state index is -1.65. The van der Waals surface area contributed by atoms with Crippen LogP contribution < -0.4 is 9.47 Å². The van der Waals surface area contributed by atoms with Crippen LogP contribution in [0.5, 0.6) is 11.5 Å². The van der Waals surface area contributed by atoms with Crippen molar-refractivity contribution < 1.29 is 44.1 Å². The molecule has 0 bridgehead atoms.